The van der Waals surface area contributed by atoms with E-state index in [0.29, 0.717) is 31.6 Å². The second-order valence-electron chi connectivity index (χ2n) is 28.5. The quantitative estimate of drug-likeness (QED) is 0.0169. The Balaban J connectivity index is 5.27. The summed E-state index contributed by atoms with van der Waals surface area (Å²) >= 11 is 0. The van der Waals surface area contributed by atoms with Crippen LogP contribution in [-0.4, -0.2) is 96.7 Å². The Bertz CT molecular complexity index is 1960. The molecule has 17 nitrogen and oxygen atoms in total. The molecule has 19 heteroatoms. The van der Waals surface area contributed by atoms with Crippen LogP contribution in [0, 0.1) is 17.8 Å². The van der Waals surface area contributed by atoms with Gasteiger partial charge < -0.3 is 33.8 Å². The molecule has 0 heterocycles. The molecule has 0 aromatic heterocycles. The molecule has 0 rings (SSSR count). The largest absolute Gasteiger partial charge is 0.472 e. The van der Waals surface area contributed by atoms with Crippen molar-refractivity contribution >= 4 is 39.5 Å². The Kier molecular flexibility index (Phi) is 65.3. The number of hydrogen-bond acceptors (Lipinski definition) is 15. The van der Waals surface area contributed by atoms with Crippen molar-refractivity contribution in [3.63, 3.8) is 0 Å². The van der Waals surface area contributed by atoms with Gasteiger partial charge in [0.1, 0.15) is 19.3 Å². The number of unbranched alkanes of at least 4 members (excludes halogenated alkanes) is 38. The van der Waals surface area contributed by atoms with E-state index >= 15 is 0 Å². The van der Waals surface area contributed by atoms with Crippen molar-refractivity contribution in [2.24, 2.45) is 17.8 Å². The van der Waals surface area contributed by atoms with Gasteiger partial charge in [-0.25, -0.2) is 9.13 Å². The van der Waals surface area contributed by atoms with Crippen molar-refractivity contribution < 1.29 is 80.2 Å². The third-order valence-electron chi connectivity index (χ3n) is 17.3. The normalized spacial score (nSPS) is 14.2. The third kappa shape index (κ3) is 70.0. The van der Waals surface area contributed by atoms with E-state index in [-0.39, 0.29) is 25.7 Å². The molecule has 0 spiro atoms. The summed E-state index contributed by atoms with van der Waals surface area (Å²) in [6, 6.07) is 0. The predicted octanol–water partition coefficient (Wildman–Crippen LogP) is 22.1. The van der Waals surface area contributed by atoms with Gasteiger partial charge in [0.25, 0.3) is 0 Å². The van der Waals surface area contributed by atoms with Crippen LogP contribution in [0.4, 0.5) is 0 Å². The van der Waals surface area contributed by atoms with Gasteiger partial charge in [0.2, 0.25) is 0 Å². The summed E-state index contributed by atoms with van der Waals surface area (Å²) in [5, 5.41) is 10.6. The lowest BCUT2D eigenvalue weighted by Gasteiger charge is -2.21. The van der Waals surface area contributed by atoms with E-state index in [1.807, 2.05) is 0 Å². The summed E-state index contributed by atoms with van der Waals surface area (Å²) in [7, 11) is -9.93. The molecular weight excluding hydrogens is 1260 g/mol. The maximum atomic E-state index is 13.1. The molecule has 0 aliphatic carbocycles. The van der Waals surface area contributed by atoms with Gasteiger partial charge in [-0.2, -0.15) is 0 Å². The van der Waals surface area contributed by atoms with Crippen LogP contribution in [-0.2, 0) is 65.4 Å². The Morgan fingerprint density at radius 1 is 0.323 bits per heavy atom. The fourth-order valence-corrected chi connectivity index (χ4v) is 12.8. The second kappa shape index (κ2) is 67.1. The Morgan fingerprint density at radius 3 is 0.844 bits per heavy atom. The molecule has 0 bridgehead atoms. The van der Waals surface area contributed by atoms with Gasteiger partial charge >= 0.3 is 39.5 Å². The number of rotatable bonds is 73. The predicted molar refractivity (Wildman–Crippen MR) is 390 cm³/mol. The van der Waals surface area contributed by atoms with E-state index in [4.69, 9.17) is 37.0 Å². The van der Waals surface area contributed by atoms with Gasteiger partial charge in [-0.05, 0) is 69.1 Å². The fourth-order valence-electron chi connectivity index (χ4n) is 11.2. The summed E-state index contributed by atoms with van der Waals surface area (Å²) in [5.41, 5.74) is 0. The van der Waals surface area contributed by atoms with Crippen molar-refractivity contribution in [3.05, 3.63) is 24.3 Å². The molecule has 0 radical (unpaired) electrons. The summed E-state index contributed by atoms with van der Waals surface area (Å²) in [6.07, 6.45) is 56.4. The third-order valence-corrected chi connectivity index (χ3v) is 19.2. The van der Waals surface area contributed by atoms with Crippen LogP contribution in [0.5, 0.6) is 0 Å². The SMILES string of the molecule is CCCCCC/C=C\C=C/CCCCCCCC(=O)O[C@H](COC(=O)CCCCCCCCC(C)C)COP(=O)(O)OC[C@H](O)COP(=O)(O)OC[C@@H](COC(=O)CCCCCCCCCCCCCCCC(C)C)OC(=O)CCCCCCCCCCCCCCCC(C)C. The average molecular weight is 1410 g/mol. The van der Waals surface area contributed by atoms with E-state index in [0.717, 1.165) is 121 Å². The number of allylic oxidation sites excluding steroid dienone is 4. The minimum Gasteiger partial charge on any atom is -0.462 e. The smallest absolute Gasteiger partial charge is 0.462 e. The van der Waals surface area contributed by atoms with Crippen LogP contribution >= 0.6 is 15.6 Å². The molecule has 0 fully saturated rings. The first-order valence-electron chi connectivity index (χ1n) is 39.2. The van der Waals surface area contributed by atoms with E-state index in [1.165, 1.54) is 161 Å². The highest BCUT2D eigenvalue weighted by molar-refractivity contribution is 7.47. The van der Waals surface area contributed by atoms with Crippen molar-refractivity contribution in [1.29, 1.82) is 0 Å². The maximum absolute atomic E-state index is 13.1. The zero-order valence-corrected chi connectivity index (χ0v) is 64.1. The molecule has 5 atom stereocenters. The molecule has 566 valence electrons. The lowest BCUT2D eigenvalue weighted by molar-refractivity contribution is -0.161. The average Bonchev–Trinajstić information content (AvgIpc) is 1.58. The van der Waals surface area contributed by atoms with Crippen LogP contribution in [0.2, 0.25) is 0 Å². The summed E-state index contributed by atoms with van der Waals surface area (Å²) in [5.74, 6) is 0.102. The monoisotopic (exact) mass is 1410 g/mol. The van der Waals surface area contributed by atoms with Crippen molar-refractivity contribution in [2.75, 3.05) is 39.6 Å². The first-order chi connectivity index (χ1) is 46.2. The fraction of sp³-hybridized carbons (Fsp3) is 0.896. The Hall–Kier alpha value is -2.46. The number of aliphatic hydroxyl groups is 1. The van der Waals surface area contributed by atoms with Crippen molar-refractivity contribution in [1.82, 2.24) is 0 Å². The Labute approximate surface area is 586 Å². The van der Waals surface area contributed by atoms with Gasteiger partial charge in [-0.1, -0.05) is 317 Å². The van der Waals surface area contributed by atoms with E-state index < -0.39 is 97.5 Å². The number of carbonyl (C=O) groups excluding carboxylic acids is 4. The van der Waals surface area contributed by atoms with Gasteiger partial charge in [0.05, 0.1) is 26.4 Å². The van der Waals surface area contributed by atoms with Gasteiger partial charge in [0, 0.05) is 25.7 Å². The Morgan fingerprint density at radius 2 is 0.562 bits per heavy atom. The van der Waals surface area contributed by atoms with Crippen LogP contribution in [0.3, 0.4) is 0 Å². The lowest BCUT2D eigenvalue weighted by Crippen LogP contribution is -2.30. The topological polar surface area (TPSA) is 237 Å². The standard InChI is InChI=1S/C77H146O17P2/c1-8-9-10-11-12-13-14-15-16-21-27-32-37-46-53-60-77(82)94-73(65-88-75(80)59-52-45-40-39-43-50-57-70(6)7)67-92-96(85,86)90-63-71(78)62-89-95(83,84)91-66-72(93-76(81)61-54-47-38-33-28-23-18-20-25-30-35-42-49-56-69(4)5)64-87-74(79)58-51-44-36-31-26-22-17-19-24-29-34-41-48-55-68(2)3/h13-16,68-73,78H,8-12,17-67H2,1-7H3,(H,83,84)(H,85,86)/b14-13-,16-15-/t71-,72-,73-/m1/s1. The maximum Gasteiger partial charge on any atom is 0.472 e. The van der Waals surface area contributed by atoms with Crippen LogP contribution < -0.4 is 0 Å². The van der Waals surface area contributed by atoms with Crippen LogP contribution in [0.25, 0.3) is 0 Å². The molecule has 0 amide bonds. The highest BCUT2D eigenvalue weighted by atomic mass is 31.2. The van der Waals surface area contributed by atoms with E-state index in [1.54, 1.807) is 0 Å². The molecule has 3 N–H and O–H groups in total. The molecule has 0 aromatic carbocycles. The second-order valence-corrected chi connectivity index (χ2v) is 31.4. The molecule has 0 saturated heterocycles. The number of phosphoric acid groups is 2. The van der Waals surface area contributed by atoms with Crippen LogP contribution in [0.15, 0.2) is 24.3 Å². The van der Waals surface area contributed by atoms with Crippen LogP contribution in [0.1, 0.15) is 370 Å². The number of esters is 4. The molecule has 96 heavy (non-hydrogen) atoms. The number of aliphatic hydroxyl groups excluding tert-OH is 1. The summed E-state index contributed by atoms with van der Waals surface area (Å²) in [6.45, 7) is 11.8. The zero-order chi connectivity index (χ0) is 70.9. The zero-order valence-electron chi connectivity index (χ0n) is 62.3. The number of ether oxygens (including phenoxy) is 4. The minimum absolute atomic E-state index is 0.0837. The molecule has 0 aliphatic heterocycles. The summed E-state index contributed by atoms with van der Waals surface area (Å²) in [4.78, 5) is 72.8. The van der Waals surface area contributed by atoms with Crippen molar-refractivity contribution in [2.45, 2.75) is 388 Å². The highest BCUT2D eigenvalue weighted by Gasteiger charge is 2.30. The number of carbonyl (C=O) groups is 4. The van der Waals surface area contributed by atoms with Crippen molar-refractivity contribution in [3.8, 4) is 0 Å². The lowest BCUT2D eigenvalue weighted by atomic mass is 10.0. The highest BCUT2D eigenvalue weighted by Crippen LogP contribution is 2.45. The summed E-state index contributed by atoms with van der Waals surface area (Å²) < 4.78 is 68.5. The molecule has 0 aromatic rings. The molecular formula is C77H146O17P2. The first kappa shape index (κ1) is 93.5. The van der Waals surface area contributed by atoms with E-state index in [9.17, 15) is 43.2 Å². The van der Waals surface area contributed by atoms with E-state index in [2.05, 4.69) is 72.8 Å². The van der Waals surface area contributed by atoms with Gasteiger partial charge in [-0.3, -0.25) is 37.3 Å². The first-order valence-corrected chi connectivity index (χ1v) is 42.2. The molecule has 0 saturated carbocycles. The van der Waals surface area contributed by atoms with Gasteiger partial charge in [0.15, 0.2) is 12.2 Å². The number of hydrogen-bond donors (Lipinski definition) is 3. The van der Waals surface area contributed by atoms with Gasteiger partial charge in [-0.15, -0.1) is 0 Å². The minimum atomic E-state index is -4.96. The molecule has 2 unspecified atom stereocenters. The number of phosphoric ester groups is 2. The molecule has 0 aliphatic rings.